The van der Waals surface area contributed by atoms with Crippen molar-refractivity contribution in [3.05, 3.63) is 23.5 Å². The van der Waals surface area contributed by atoms with E-state index >= 15 is 0 Å². The lowest BCUT2D eigenvalue weighted by Gasteiger charge is -2.19. The van der Waals surface area contributed by atoms with Crippen molar-refractivity contribution >= 4 is 5.78 Å². The van der Waals surface area contributed by atoms with Crippen molar-refractivity contribution < 1.29 is 18.7 Å². The summed E-state index contributed by atoms with van der Waals surface area (Å²) in [4.78, 5) is 11.2. The molecule has 0 bridgehead atoms. The van der Waals surface area contributed by atoms with Gasteiger partial charge in [-0.25, -0.2) is 4.39 Å². The van der Waals surface area contributed by atoms with Gasteiger partial charge in [-0.15, -0.1) is 0 Å². The van der Waals surface area contributed by atoms with Crippen molar-refractivity contribution in [2.75, 3.05) is 13.2 Å². The summed E-state index contributed by atoms with van der Waals surface area (Å²) in [6, 6.07) is 3.18. The lowest BCUT2D eigenvalue weighted by Crippen LogP contribution is -2.07. The minimum absolute atomic E-state index is 0.0168. The fraction of sp³-hybridized carbons (Fsp3) is 0.632. The first-order valence-corrected chi connectivity index (χ1v) is 8.61. The van der Waals surface area contributed by atoms with E-state index in [-0.39, 0.29) is 17.5 Å². The first-order chi connectivity index (χ1) is 11.0. The monoisotopic (exact) mass is 324 g/mol. The van der Waals surface area contributed by atoms with E-state index in [0.29, 0.717) is 43.1 Å². The SMILES string of the molecule is CCCOc1cc(F)c(C(CC)CCC(C)=O)cc1OCCC. The maximum Gasteiger partial charge on any atom is 0.164 e. The summed E-state index contributed by atoms with van der Waals surface area (Å²) in [6.07, 6.45) is 3.64. The van der Waals surface area contributed by atoms with Crippen LogP contribution in [0, 0.1) is 5.82 Å². The zero-order valence-electron chi connectivity index (χ0n) is 14.8. The number of carbonyl (C=O) groups is 1. The van der Waals surface area contributed by atoms with Crippen LogP contribution >= 0.6 is 0 Å². The predicted molar refractivity (Wildman–Crippen MR) is 90.9 cm³/mol. The molecule has 0 aliphatic heterocycles. The van der Waals surface area contributed by atoms with Crippen molar-refractivity contribution in [3.8, 4) is 11.5 Å². The zero-order chi connectivity index (χ0) is 17.2. The first kappa shape index (κ1) is 19.5. The molecule has 130 valence electrons. The van der Waals surface area contributed by atoms with Gasteiger partial charge in [0.2, 0.25) is 0 Å². The summed E-state index contributed by atoms with van der Waals surface area (Å²) in [7, 11) is 0. The topological polar surface area (TPSA) is 35.5 Å². The van der Waals surface area contributed by atoms with Crippen LogP contribution in [0.25, 0.3) is 0 Å². The van der Waals surface area contributed by atoms with Crippen LogP contribution in [0.1, 0.15) is 71.3 Å². The minimum Gasteiger partial charge on any atom is -0.490 e. The van der Waals surface area contributed by atoms with E-state index < -0.39 is 0 Å². The maximum absolute atomic E-state index is 14.5. The molecular formula is C19H29FO3. The highest BCUT2D eigenvalue weighted by atomic mass is 19.1. The molecule has 1 unspecified atom stereocenters. The van der Waals surface area contributed by atoms with Gasteiger partial charge in [-0.2, -0.15) is 0 Å². The van der Waals surface area contributed by atoms with Gasteiger partial charge in [-0.1, -0.05) is 20.8 Å². The molecule has 0 saturated carbocycles. The summed E-state index contributed by atoms with van der Waals surface area (Å²) < 4.78 is 25.9. The molecule has 1 aromatic rings. The number of carbonyl (C=O) groups excluding carboxylic acids is 1. The average molecular weight is 324 g/mol. The fourth-order valence-electron chi connectivity index (χ4n) is 2.47. The van der Waals surface area contributed by atoms with Crippen LogP contribution < -0.4 is 9.47 Å². The second kappa shape index (κ2) is 10.2. The van der Waals surface area contributed by atoms with Gasteiger partial charge >= 0.3 is 0 Å². The van der Waals surface area contributed by atoms with Crippen molar-refractivity contribution in [1.82, 2.24) is 0 Å². The van der Waals surface area contributed by atoms with Gasteiger partial charge in [-0.05, 0) is 50.2 Å². The molecule has 3 nitrogen and oxygen atoms in total. The highest BCUT2D eigenvalue weighted by Crippen LogP contribution is 2.36. The first-order valence-electron chi connectivity index (χ1n) is 8.61. The molecule has 0 spiro atoms. The molecular weight excluding hydrogens is 295 g/mol. The average Bonchev–Trinajstić information content (AvgIpc) is 2.53. The van der Waals surface area contributed by atoms with Crippen LogP contribution in [0.2, 0.25) is 0 Å². The molecule has 0 aliphatic rings. The normalized spacial score (nSPS) is 12.0. The van der Waals surface area contributed by atoms with E-state index in [1.165, 1.54) is 6.07 Å². The summed E-state index contributed by atoms with van der Waals surface area (Å²) in [6.45, 7) is 8.71. The molecule has 0 N–H and O–H groups in total. The number of rotatable bonds is 11. The van der Waals surface area contributed by atoms with Crippen molar-refractivity contribution in [2.45, 2.75) is 65.7 Å². The molecule has 0 aliphatic carbocycles. The van der Waals surface area contributed by atoms with Crippen LogP contribution in [0.15, 0.2) is 12.1 Å². The molecule has 1 rings (SSSR count). The highest BCUT2D eigenvalue weighted by Gasteiger charge is 2.19. The van der Waals surface area contributed by atoms with E-state index in [1.807, 2.05) is 20.8 Å². The molecule has 0 radical (unpaired) electrons. The van der Waals surface area contributed by atoms with E-state index in [1.54, 1.807) is 13.0 Å². The van der Waals surface area contributed by atoms with Crippen molar-refractivity contribution in [1.29, 1.82) is 0 Å². The van der Waals surface area contributed by atoms with Crippen LogP contribution in [-0.2, 0) is 4.79 Å². The van der Waals surface area contributed by atoms with E-state index in [9.17, 15) is 9.18 Å². The Morgan fingerprint density at radius 2 is 1.65 bits per heavy atom. The summed E-state index contributed by atoms with van der Waals surface area (Å²) in [5, 5.41) is 0. The third-order valence-electron chi connectivity index (χ3n) is 3.76. The molecule has 0 saturated heterocycles. The van der Waals surface area contributed by atoms with Gasteiger partial charge in [0.25, 0.3) is 0 Å². The van der Waals surface area contributed by atoms with Gasteiger partial charge in [-0.3, -0.25) is 0 Å². The van der Waals surface area contributed by atoms with Crippen LogP contribution in [0.3, 0.4) is 0 Å². The Morgan fingerprint density at radius 1 is 1.09 bits per heavy atom. The van der Waals surface area contributed by atoms with E-state index in [4.69, 9.17) is 9.47 Å². The van der Waals surface area contributed by atoms with Gasteiger partial charge in [0.05, 0.1) is 13.2 Å². The van der Waals surface area contributed by atoms with E-state index in [2.05, 4.69) is 0 Å². The molecule has 0 amide bonds. The molecule has 4 heteroatoms. The molecule has 1 aromatic carbocycles. The fourth-order valence-corrected chi connectivity index (χ4v) is 2.47. The predicted octanol–water partition coefficient (Wildman–Crippen LogP) is 5.27. The molecule has 0 aromatic heterocycles. The van der Waals surface area contributed by atoms with Gasteiger partial charge in [0.1, 0.15) is 11.6 Å². The number of Topliss-reactive ketones (excluding diaryl/α,β-unsaturated/α-hetero) is 1. The van der Waals surface area contributed by atoms with Gasteiger partial charge in [0, 0.05) is 12.5 Å². The molecule has 23 heavy (non-hydrogen) atoms. The Labute approximate surface area is 139 Å². The summed E-state index contributed by atoms with van der Waals surface area (Å²) in [5.74, 6) is 0.925. The third-order valence-corrected chi connectivity index (χ3v) is 3.76. The second-order valence-corrected chi connectivity index (χ2v) is 5.86. The standard InChI is InChI=1S/C19H29FO3/c1-5-10-22-18-12-16(15(7-3)9-8-14(4)21)17(20)13-19(18)23-11-6-2/h12-13,15H,5-11H2,1-4H3. The number of benzene rings is 1. The smallest absolute Gasteiger partial charge is 0.164 e. The zero-order valence-corrected chi connectivity index (χ0v) is 14.8. The number of ketones is 1. The Kier molecular flexibility index (Phi) is 8.67. The number of hydrogen-bond acceptors (Lipinski definition) is 3. The van der Waals surface area contributed by atoms with Crippen molar-refractivity contribution in [3.63, 3.8) is 0 Å². The van der Waals surface area contributed by atoms with E-state index in [0.717, 1.165) is 19.3 Å². The summed E-state index contributed by atoms with van der Waals surface area (Å²) in [5.41, 5.74) is 0.615. The van der Waals surface area contributed by atoms with Crippen LogP contribution in [0.5, 0.6) is 11.5 Å². The molecule has 0 fully saturated rings. The lowest BCUT2D eigenvalue weighted by atomic mass is 9.90. The van der Waals surface area contributed by atoms with Crippen LogP contribution in [-0.4, -0.2) is 19.0 Å². The largest absolute Gasteiger partial charge is 0.490 e. The third kappa shape index (κ3) is 6.20. The second-order valence-electron chi connectivity index (χ2n) is 5.86. The Hall–Kier alpha value is -1.58. The highest BCUT2D eigenvalue weighted by molar-refractivity contribution is 5.75. The molecule has 0 heterocycles. The molecule has 1 atom stereocenters. The van der Waals surface area contributed by atoms with Crippen molar-refractivity contribution in [2.24, 2.45) is 0 Å². The quantitative estimate of drug-likeness (QED) is 0.556. The lowest BCUT2D eigenvalue weighted by molar-refractivity contribution is -0.117. The van der Waals surface area contributed by atoms with Crippen LogP contribution in [0.4, 0.5) is 4.39 Å². The van der Waals surface area contributed by atoms with Gasteiger partial charge < -0.3 is 14.3 Å². The summed E-state index contributed by atoms with van der Waals surface area (Å²) >= 11 is 0. The number of hydrogen-bond donors (Lipinski definition) is 0. The Balaban J connectivity index is 3.07. The maximum atomic E-state index is 14.5. The number of ether oxygens (including phenoxy) is 2. The Morgan fingerprint density at radius 3 is 2.13 bits per heavy atom. The Bertz CT molecular complexity index is 500. The minimum atomic E-state index is -0.282. The van der Waals surface area contributed by atoms with Gasteiger partial charge in [0.15, 0.2) is 11.5 Å². The number of halogens is 1.